The smallest absolute Gasteiger partial charge is 0.252 e. The average Bonchev–Trinajstić information content (AvgIpc) is 2.84. The van der Waals surface area contributed by atoms with Crippen molar-refractivity contribution in [2.24, 2.45) is 0 Å². The third-order valence-corrected chi connectivity index (χ3v) is 5.21. The van der Waals surface area contributed by atoms with E-state index in [4.69, 9.17) is 0 Å². The molecule has 0 bridgehead atoms. The Morgan fingerprint density at radius 2 is 2.11 bits per heavy atom. The number of amides is 1. The largest absolute Gasteiger partial charge is 0.345 e. The van der Waals surface area contributed by atoms with E-state index in [1.165, 1.54) is 26.7 Å². The fourth-order valence-corrected chi connectivity index (χ4v) is 4.03. The maximum Gasteiger partial charge on any atom is 0.252 e. The molecule has 0 saturated carbocycles. The van der Waals surface area contributed by atoms with E-state index in [-0.39, 0.29) is 11.9 Å². The number of aryl methyl sites for hydroxylation is 2. The van der Waals surface area contributed by atoms with Crippen LogP contribution in [0.3, 0.4) is 0 Å². The van der Waals surface area contributed by atoms with Crippen LogP contribution in [0, 0.1) is 13.8 Å². The zero-order valence-electron chi connectivity index (χ0n) is 10.4. The Kier molecular flexibility index (Phi) is 4.25. The highest BCUT2D eigenvalue weighted by Crippen LogP contribution is 2.27. The molecule has 0 radical (unpaired) electrons. The summed E-state index contributed by atoms with van der Waals surface area (Å²) in [5, 5.41) is 4.89. The molecule has 5 heteroatoms. The van der Waals surface area contributed by atoms with Crippen molar-refractivity contribution in [3.8, 4) is 0 Å². The lowest BCUT2D eigenvalue weighted by Gasteiger charge is -2.13. The molecule has 2 nitrogen and oxygen atoms in total. The van der Waals surface area contributed by atoms with Gasteiger partial charge in [0.2, 0.25) is 0 Å². The monoisotopic (exact) mass is 343 g/mol. The zero-order chi connectivity index (χ0) is 13.3. The number of halogens is 1. The molecule has 0 fully saturated rings. The van der Waals surface area contributed by atoms with Gasteiger partial charge in [-0.15, -0.1) is 22.7 Å². The summed E-state index contributed by atoms with van der Waals surface area (Å²) in [5.74, 6) is -0.0206. The Balaban J connectivity index is 2.10. The predicted octanol–water partition coefficient (Wildman–Crippen LogP) is 4.68. The molecule has 0 spiro atoms. The Morgan fingerprint density at radius 1 is 1.39 bits per heavy atom. The Hall–Kier alpha value is -0.650. The summed E-state index contributed by atoms with van der Waals surface area (Å²) in [6, 6.07) is 4.04. The second kappa shape index (κ2) is 5.55. The molecule has 1 unspecified atom stereocenters. The number of nitrogens with one attached hydrogen (secondary N) is 1. The summed E-state index contributed by atoms with van der Waals surface area (Å²) in [7, 11) is 0. The second-order valence-electron chi connectivity index (χ2n) is 4.20. The van der Waals surface area contributed by atoms with Crippen LogP contribution in [0.4, 0.5) is 0 Å². The number of carbonyl (C=O) groups is 1. The van der Waals surface area contributed by atoms with Crippen LogP contribution < -0.4 is 5.32 Å². The topological polar surface area (TPSA) is 29.1 Å². The molecule has 0 aliphatic rings. The summed E-state index contributed by atoms with van der Waals surface area (Å²) in [5.41, 5.74) is 1.92. The number of hydrogen-bond donors (Lipinski definition) is 1. The first-order valence-corrected chi connectivity index (χ1v) is 8.08. The van der Waals surface area contributed by atoms with Crippen molar-refractivity contribution in [3.05, 3.63) is 42.2 Å². The molecule has 2 rings (SSSR count). The first-order chi connectivity index (χ1) is 8.47. The summed E-state index contributed by atoms with van der Waals surface area (Å²) in [6.45, 7) is 6.20. The number of thiophene rings is 2. The molecule has 1 amide bonds. The van der Waals surface area contributed by atoms with Gasteiger partial charge in [0.25, 0.3) is 5.91 Å². The van der Waals surface area contributed by atoms with Crippen molar-refractivity contribution in [2.45, 2.75) is 26.8 Å². The maximum atomic E-state index is 12.0. The van der Waals surface area contributed by atoms with Crippen LogP contribution in [0.25, 0.3) is 0 Å². The summed E-state index contributed by atoms with van der Waals surface area (Å²) >= 11 is 6.66. The van der Waals surface area contributed by atoms with Crippen molar-refractivity contribution < 1.29 is 4.79 Å². The van der Waals surface area contributed by atoms with Crippen LogP contribution in [0.1, 0.15) is 38.6 Å². The molecule has 0 saturated heterocycles. The highest BCUT2D eigenvalue weighted by atomic mass is 79.9. The van der Waals surface area contributed by atoms with Crippen LogP contribution in [-0.4, -0.2) is 5.91 Å². The van der Waals surface area contributed by atoms with E-state index >= 15 is 0 Å². The van der Waals surface area contributed by atoms with Gasteiger partial charge in [0.15, 0.2) is 0 Å². The molecule has 2 aromatic rings. The van der Waals surface area contributed by atoms with E-state index in [0.717, 1.165) is 3.79 Å². The van der Waals surface area contributed by atoms with E-state index in [0.29, 0.717) is 5.56 Å². The SMILES string of the molecule is Cc1cc(C(C)NC(=O)c2csc(Br)c2)c(C)s1. The van der Waals surface area contributed by atoms with Gasteiger partial charge in [-0.05, 0) is 54.4 Å². The minimum atomic E-state index is -0.0206. The molecule has 0 aliphatic heterocycles. The lowest BCUT2D eigenvalue weighted by molar-refractivity contribution is 0.0940. The van der Waals surface area contributed by atoms with E-state index in [1.54, 1.807) is 11.3 Å². The van der Waals surface area contributed by atoms with Gasteiger partial charge in [0.1, 0.15) is 0 Å². The van der Waals surface area contributed by atoms with Crippen LogP contribution in [-0.2, 0) is 0 Å². The molecular formula is C13H14BrNOS2. The first-order valence-electron chi connectivity index (χ1n) is 5.59. The van der Waals surface area contributed by atoms with Gasteiger partial charge < -0.3 is 5.32 Å². The fraction of sp³-hybridized carbons (Fsp3) is 0.308. The van der Waals surface area contributed by atoms with Crippen molar-refractivity contribution >= 4 is 44.5 Å². The Bertz CT molecular complexity index is 573. The van der Waals surface area contributed by atoms with E-state index in [1.807, 2.05) is 18.4 Å². The van der Waals surface area contributed by atoms with E-state index in [2.05, 4.69) is 41.2 Å². The predicted molar refractivity (Wildman–Crippen MR) is 81.7 cm³/mol. The van der Waals surface area contributed by atoms with Crippen LogP contribution in [0.5, 0.6) is 0 Å². The van der Waals surface area contributed by atoms with E-state index < -0.39 is 0 Å². The van der Waals surface area contributed by atoms with Gasteiger partial charge in [-0.1, -0.05) is 0 Å². The van der Waals surface area contributed by atoms with Gasteiger partial charge in [-0.2, -0.15) is 0 Å². The Labute approximate surface area is 123 Å². The van der Waals surface area contributed by atoms with Crippen LogP contribution in [0.2, 0.25) is 0 Å². The number of rotatable bonds is 3. The summed E-state index contributed by atoms with van der Waals surface area (Å²) in [6.07, 6.45) is 0. The summed E-state index contributed by atoms with van der Waals surface area (Å²) in [4.78, 5) is 14.6. The van der Waals surface area contributed by atoms with Gasteiger partial charge in [-0.25, -0.2) is 0 Å². The molecule has 1 N–H and O–H groups in total. The minimum absolute atomic E-state index is 0.0206. The van der Waals surface area contributed by atoms with Crippen molar-refractivity contribution in [2.75, 3.05) is 0 Å². The third kappa shape index (κ3) is 3.02. The van der Waals surface area contributed by atoms with Crippen molar-refractivity contribution in [1.82, 2.24) is 5.32 Å². The van der Waals surface area contributed by atoms with E-state index in [9.17, 15) is 4.79 Å². The van der Waals surface area contributed by atoms with Crippen LogP contribution in [0.15, 0.2) is 21.3 Å². The molecular weight excluding hydrogens is 330 g/mol. The second-order valence-corrected chi connectivity index (χ2v) is 7.95. The average molecular weight is 344 g/mol. The van der Waals surface area contributed by atoms with Crippen LogP contribution >= 0.6 is 38.6 Å². The van der Waals surface area contributed by atoms with Gasteiger partial charge >= 0.3 is 0 Å². The molecule has 2 aromatic heterocycles. The standard InChI is InChI=1S/C13H14BrNOS2/c1-7-4-11(9(3)18-7)8(2)15-13(16)10-5-12(14)17-6-10/h4-6,8H,1-3H3,(H,15,16). The number of hydrogen-bond acceptors (Lipinski definition) is 3. The number of carbonyl (C=O) groups excluding carboxylic acids is 1. The van der Waals surface area contributed by atoms with Gasteiger partial charge in [0.05, 0.1) is 15.4 Å². The fourth-order valence-electron chi connectivity index (χ4n) is 1.87. The van der Waals surface area contributed by atoms with Gasteiger partial charge in [0, 0.05) is 15.1 Å². The minimum Gasteiger partial charge on any atom is -0.345 e. The van der Waals surface area contributed by atoms with Crippen molar-refractivity contribution in [1.29, 1.82) is 0 Å². The molecule has 2 heterocycles. The lowest BCUT2D eigenvalue weighted by Crippen LogP contribution is -2.26. The highest BCUT2D eigenvalue weighted by molar-refractivity contribution is 9.11. The summed E-state index contributed by atoms with van der Waals surface area (Å²) < 4.78 is 0.975. The molecule has 0 aromatic carbocycles. The Morgan fingerprint density at radius 3 is 2.61 bits per heavy atom. The van der Waals surface area contributed by atoms with Gasteiger partial charge in [-0.3, -0.25) is 4.79 Å². The molecule has 18 heavy (non-hydrogen) atoms. The lowest BCUT2D eigenvalue weighted by atomic mass is 10.1. The highest BCUT2D eigenvalue weighted by Gasteiger charge is 2.15. The zero-order valence-corrected chi connectivity index (χ0v) is 13.6. The normalized spacial score (nSPS) is 12.4. The third-order valence-electron chi connectivity index (χ3n) is 2.72. The molecule has 96 valence electrons. The molecule has 1 atom stereocenters. The van der Waals surface area contributed by atoms with Crippen molar-refractivity contribution in [3.63, 3.8) is 0 Å². The first kappa shape index (κ1) is 13.8. The quantitative estimate of drug-likeness (QED) is 0.861. The maximum absolute atomic E-state index is 12.0. The molecule has 0 aliphatic carbocycles.